The molecule has 1 aromatic heterocycles. The van der Waals surface area contributed by atoms with Crippen LogP contribution in [-0.2, 0) is 0 Å². The van der Waals surface area contributed by atoms with E-state index in [1.165, 1.54) is 24.3 Å². The predicted octanol–water partition coefficient (Wildman–Crippen LogP) is 4.31. The number of aliphatic hydroxyl groups is 1. The lowest BCUT2D eigenvalue weighted by Crippen LogP contribution is -2.12. The summed E-state index contributed by atoms with van der Waals surface area (Å²) in [6, 6.07) is 10.2. The monoisotopic (exact) mass is 334 g/mol. The van der Waals surface area contributed by atoms with Crippen molar-refractivity contribution < 1.29 is 13.9 Å². The van der Waals surface area contributed by atoms with Crippen molar-refractivity contribution in [1.29, 1.82) is 0 Å². The first-order chi connectivity index (χ1) is 11.0. The summed E-state index contributed by atoms with van der Waals surface area (Å²) in [4.78, 5) is 4.10. The van der Waals surface area contributed by atoms with E-state index in [1.807, 2.05) is 0 Å². The fourth-order valence-electron chi connectivity index (χ4n) is 2.32. The molecule has 1 heterocycles. The molecule has 0 bridgehead atoms. The van der Waals surface area contributed by atoms with Crippen LogP contribution in [0, 0.1) is 11.6 Å². The lowest BCUT2D eigenvalue weighted by atomic mass is 10.1. The van der Waals surface area contributed by atoms with E-state index in [0.29, 0.717) is 16.8 Å². The molecule has 0 aliphatic heterocycles. The number of rotatable bonds is 4. The second-order valence-electron chi connectivity index (χ2n) is 5.09. The molecule has 2 N–H and O–H groups in total. The second kappa shape index (κ2) is 6.48. The maximum Gasteiger partial charge on any atom is 0.142 e. The standard InChI is InChI=1S/C17H13ClF2N2O/c18-13-4-1-10(7-14(13)20)17(23)9-22-15-5-6-21-16-8-11(19)2-3-12(15)16/h1-8,17,23H,9H2,(H,21,22). The minimum Gasteiger partial charge on any atom is -0.387 e. The van der Waals surface area contributed by atoms with Crippen molar-refractivity contribution in [2.75, 3.05) is 11.9 Å². The summed E-state index contributed by atoms with van der Waals surface area (Å²) in [7, 11) is 0. The summed E-state index contributed by atoms with van der Waals surface area (Å²) in [5.41, 5.74) is 1.65. The van der Waals surface area contributed by atoms with Crippen LogP contribution in [0.15, 0.2) is 48.7 Å². The van der Waals surface area contributed by atoms with E-state index < -0.39 is 11.9 Å². The van der Waals surface area contributed by atoms with Gasteiger partial charge in [0.15, 0.2) is 0 Å². The summed E-state index contributed by atoms with van der Waals surface area (Å²) in [6.45, 7) is 0.164. The molecule has 0 fully saturated rings. The molecular weight excluding hydrogens is 322 g/mol. The molecule has 118 valence electrons. The number of nitrogens with zero attached hydrogens (tertiary/aromatic N) is 1. The van der Waals surface area contributed by atoms with Gasteiger partial charge in [0.25, 0.3) is 0 Å². The predicted molar refractivity (Wildman–Crippen MR) is 86.6 cm³/mol. The molecule has 0 aliphatic carbocycles. The lowest BCUT2D eigenvalue weighted by molar-refractivity contribution is 0.191. The van der Waals surface area contributed by atoms with Gasteiger partial charge in [-0.25, -0.2) is 8.78 Å². The number of nitrogens with one attached hydrogen (secondary N) is 1. The van der Waals surface area contributed by atoms with Crippen LogP contribution in [0.2, 0.25) is 5.02 Å². The van der Waals surface area contributed by atoms with Crippen LogP contribution in [0.25, 0.3) is 10.9 Å². The van der Waals surface area contributed by atoms with Gasteiger partial charge in [-0.1, -0.05) is 17.7 Å². The van der Waals surface area contributed by atoms with E-state index in [2.05, 4.69) is 10.3 Å². The van der Waals surface area contributed by atoms with Crippen molar-refractivity contribution in [2.45, 2.75) is 6.10 Å². The van der Waals surface area contributed by atoms with Gasteiger partial charge in [-0.15, -0.1) is 0 Å². The number of hydrogen-bond donors (Lipinski definition) is 2. The number of hydrogen-bond acceptors (Lipinski definition) is 3. The minimum atomic E-state index is -0.912. The van der Waals surface area contributed by atoms with Crippen LogP contribution in [0.5, 0.6) is 0 Å². The van der Waals surface area contributed by atoms with E-state index in [4.69, 9.17) is 11.6 Å². The molecule has 0 radical (unpaired) electrons. The Kier molecular flexibility index (Phi) is 4.41. The van der Waals surface area contributed by atoms with Crippen LogP contribution in [0.4, 0.5) is 14.5 Å². The quantitative estimate of drug-likeness (QED) is 0.747. The minimum absolute atomic E-state index is 0.0102. The van der Waals surface area contributed by atoms with Crippen molar-refractivity contribution in [3.63, 3.8) is 0 Å². The Labute approximate surface area is 136 Å². The SMILES string of the molecule is OC(CNc1ccnc2cc(F)ccc12)c1ccc(Cl)c(F)c1. The summed E-state index contributed by atoms with van der Waals surface area (Å²) in [6.07, 6.45) is 0.642. The summed E-state index contributed by atoms with van der Waals surface area (Å²) < 4.78 is 26.7. The highest BCUT2D eigenvalue weighted by molar-refractivity contribution is 6.30. The maximum absolute atomic E-state index is 13.4. The first-order valence-corrected chi connectivity index (χ1v) is 7.33. The van der Waals surface area contributed by atoms with Crippen molar-refractivity contribution in [3.8, 4) is 0 Å². The van der Waals surface area contributed by atoms with E-state index in [9.17, 15) is 13.9 Å². The van der Waals surface area contributed by atoms with Gasteiger partial charge < -0.3 is 10.4 Å². The Balaban J connectivity index is 1.79. The first kappa shape index (κ1) is 15.6. The molecule has 1 atom stereocenters. The summed E-state index contributed by atoms with van der Waals surface area (Å²) in [5.74, 6) is -0.938. The zero-order valence-electron chi connectivity index (χ0n) is 11.9. The highest BCUT2D eigenvalue weighted by atomic mass is 35.5. The van der Waals surface area contributed by atoms with E-state index in [1.54, 1.807) is 24.4 Å². The highest BCUT2D eigenvalue weighted by Crippen LogP contribution is 2.24. The number of fused-ring (bicyclic) bond motifs is 1. The Morgan fingerprint density at radius 1 is 1.13 bits per heavy atom. The topological polar surface area (TPSA) is 45.1 Å². The Morgan fingerprint density at radius 2 is 1.96 bits per heavy atom. The zero-order valence-corrected chi connectivity index (χ0v) is 12.7. The van der Waals surface area contributed by atoms with Crippen LogP contribution in [0.1, 0.15) is 11.7 Å². The lowest BCUT2D eigenvalue weighted by Gasteiger charge is -2.15. The molecule has 3 rings (SSSR count). The van der Waals surface area contributed by atoms with Crippen LogP contribution >= 0.6 is 11.6 Å². The Bertz CT molecular complexity index is 857. The van der Waals surface area contributed by atoms with Crippen LogP contribution < -0.4 is 5.32 Å². The first-order valence-electron chi connectivity index (χ1n) is 6.96. The molecule has 0 spiro atoms. The van der Waals surface area contributed by atoms with E-state index >= 15 is 0 Å². The van der Waals surface area contributed by atoms with Gasteiger partial charge in [-0.2, -0.15) is 0 Å². The molecule has 0 saturated heterocycles. The normalized spacial score (nSPS) is 12.3. The molecule has 3 nitrogen and oxygen atoms in total. The van der Waals surface area contributed by atoms with Crippen molar-refractivity contribution in [1.82, 2.24) is 4.98 Å². The van der Waals surface area contributed by atoms with Gasteiger partial charge in [0.2, 0.25) is 0 Å². The van der Waals surface area contributed by atoms with Crippen molar-refractivity contribution in [3.05, 3.63) is 70.9 Å². The summed E-state index contributed by atoms with van der Waals surface area (Å²) >= 11 is 5.63. The highest BCUT2D eigenvalue weighted by Gasteiger charge is 2.11. The smallest absolute Gasteiger partial charge is 0.142 e. The number of pyridine rings is 1. The number of benzene rings is 2. The van der Waals surface area contributed by atoms with Gasteiger partial charge in [-0.3, -0.25) is 4.98 Å². The molecule has 0 amide bonds. The molecule has 0 saturated carbocycles. The average molecular weight is 335 g/mol. The van der Waals surface area contributed by atoms with Crippen molar-refractivity contribution in [2.24, 2.45) is 0 Å². The Morgan fingerprint density at radius 3 is 2.74 bits per heavy atom. The number of aliphatic hydroxyl groups excluding tert-OH is 1. The zero-order chi connectivity index (χ0) is 16.4. The van der Waals surface area contributed by atoms with Crippen molar-refractivity contribution >= 4 is 28.2 Å². The molecular formula is C17H13ClF2N2O. The number of anilines is 1. The molecule has 23 heavy (non-hydrogen) atoms. The molecule has 2 aromatic carbocycles. The molecule has 6 heteroatoms. The van der Waals surface area contributed by atoms with Gasteiger partial charge in [-0.05, 0) is 35.9 Å². The van der Waals surface area contributed by atoms with Crippen LogP contribution in [0.3, 0.4) is 0 Å². The largest absolute Gasteiger partial charge is 0.387 e. The summed E-state index contributed by atoms with van der Waals surface area (Å²) in [5, 5.41) is 14.0. The maximum atomic E-state index is 13.4. The Hall–Kier alpha value is -2.24. The fourth-order valence-corrected chi connectivity index (χ4v) is 2.44. The fraction of sp³-hybridized carbons (Fsp3) is 0.118. The molecule has 1 unspecified atom stereocenters. The van der Waals surface area contributed by atoms with Crippen LogP contribution in [-0.4, -0.2) is 16.6 Å². The number of halogens is 3. The van der Waals surface area contributed by atoms with Gasteiger partial charge >= 0.3 is 0 Å². The van der Waals surface area contributed by atoms with E-state index in [-0.39, 0.29) is 17.4 Å². The third kappa shape index (κ3) is 3.41. The number of aromatic nitrogens is 1. The molecule has 0 aliphatic rings. The van der Waals surface area contributed by atoms with Gasteiger partial charge in [0.05, 0.1) is 16.6 Å². The van der Waals surface area contributed by atoms with E-state index in [0.717, 1.165) is 5.39 Å². The second-order valence-corrected chi connectivity index (χ2v) is 5.50. The van der Waals surface area contributed by atoms with Gasteiger partial charge in [0.1, 0.15) is 11.6 Å². The molecule has 3 aromatic rings. The third-order valence-corrected chi connectivity index (χ3v) is 3.83. The third-order valence-electron chi connectivity index (χ3n) is 3.52. The van der Waals surface area contributed by atoms with Gasteiger partial charge in [0, 0.05) is 29.9 Å². The average Bonchev–Trinajstić information content (AvgIpc) is 2.54.